The summed E-state index contributed by atoms with van der Waals surface area (Å²) in [6.07, 6.45) is 12.0. The summed E-state index contributed by atoms with van der Waals surface area (Å²) in [6.45, 7) is 11.6. The maximum absolute atomic E-state index is 5.16. The van der Waals surface area contributed by atoms with E-state index < -0.39 is 0 Å². The number of rotatable bonds is 7. The highest BCUT2D eigenvalue weighted by molar-refractivity contribution is 5.47. The van der Waals surface area contributed by atoms with E-state index in [2.05, 4.69) is 81.1 Å². The van der Waals surface area contributed by atoms with Crippen LogP contribution in [-0.2, 0) is 17.3 Å². The zero-order chi connectivity index (χ0) is 22.9. The fourth-order valence-corrected chi connectivity index (χ4v) is 5.00. The molecule has 0 spiro atoms. The number of hydrogen-bond acceptors (Lipinski definition) is 4. The third-order valence-corrected chi connectivity index (χ3v) is 7.59. The highest BCUT2D eigenvalue weighted by atomic mass is 15.2. The van der Waals surface area contributed by atoms with Gasteiger partial charge in [0.25, 0.3) is 0 Å². The lowest BCUT2D eigenvalue weighted by molar-refractivity contribution is 0.398. The van der Waals surface area contributed by atoms with Crippen LogP contribution in [0.5, 0.6) is 0 Å². The van der Waals surface area contributed by atoms with Crippen LogP contribution in [0.1, 0.15) is 96.4 Å². The Morgan fingerprint density at radius 1 is 0.938 bits per heavy atom. The van der Waals surface area contributed by atoms with Crippen LogP contribution in [0.4, 0.5) is 11.6 Å². The molecule has 4 nitrogen and oxygen atoms in total. The highest BCUT2D eigenvalue weighted by Crippen LogP contribution is 2.34. The second-order valence-electron chi connectivity index (χ2n) is 11.8. The van der Waals surface area contributed by atoms with Gasteiger partial charge < -0.3 is 10.2 Å². The molecule has 2 aliphatic rings. The maximum atomic E-state index is 5.16. The molecule has 0 atom stereocenters. The van der Waals surface area contributed by atoms with Gasteiger partial charge in [-0.05, 0) is 84.7 Å². The van der Waals surface area contributed by atoms with Crippen LogP contribution in [0.3, 0.4) is 0 Å². The zero-order valence-electron chi connectivity index (χ0n) is 21.0. The van der Waals surface area contributed by atoms with Gasteiger partial charge in [0, 0.05) is 31.0 Å². The molecule has 0 amide bonds. The fraction of sp³-hybridized carbons (Fsp3) is 0.643. The summed E-state index contributed by atoms with van der Waals surface area (Å²) < 4.78 is 0. The number of aromatic nitrogens is 2. The van der Waals surface area contributed by atoms with Gasteiger partial charge in [0.2, 0.25) is 0 Å². The second kappa shape index (κ2) is 9.03. The van der Waals surface area contributed by atoms with Crippen LogP contribution in [0.2, 0.25) is 0 Å². The van der Waals surface area contributed by atoms with E-state index in [0.29, 0.717) is 12.1 Å². The molecule has 174 valence electrons. The first-order chi connectivity index (χ1) is 15.1. The third-order valence-electron chi connectivity index (χ3n) is 7.59. The van der Waals surface area contributed by atoms with Gasteiger partial charge in [0.05, 0.1) is 0 Å². The van der Waals surface area contributed by atoms with Crippen molar-refractivity contribution >= 4 is 11.6 Å². The SMILES string of the molecule is CN(c1cc(C(C)(C)C)cc(CC(C)(C)c2ccnc(NC3CCCC3)c2)n1)C1CCC1. The lowest BCUT2D eigenvalue weighted by Crippen LogP contribution is -2.38. The Kier molecular flexibility index (Phi) is 6.51. The Morgan fingerprint density at radius 3 is 2.28 bits per heavy atom. The maximum Gasteiger partial charge on any atom is 0.129 e. The van der Waals surface area contributed by atoms with Crippen LogP contribution in [0, 0.1) is 0 Å². The summed E-state index contributed by atoms with van der Waals surface area (Å²) in [5, 5.41) is 3.66. The molecule has 0 unspecified atom stereocenters. The minimum atomic E-state index is -0.0230. The molecule has 2 saturated carbocycles. The largest absolute Gasteiger partial charge is 0.367 e. The van der Waals surface area contributed by atoms with E-state index in [1.54, 1.807) is 0 Å². The Labute approximate surface area is 195 Å². The van der Waals surface area contributed by atoms with Crippen LogP contribution >= 0.6 is 0 Å². The van der Waals surface area contributed by atoms with Gasteiger partial charge in [0.1, 0.15) is 11.6 Å². The van der Waals surface area contributed by atoms with E-state index in [9.17, 15) is 0 Å². The molecule has 0 bridgehead atoms. The van der Waals surface area contributed by atoms with Crippen molar-refractivity contribution in [3.05, 3.63) is 47.3 Å². The van der Waals surface area contributed by atoms with Gasteiger partial charge in [-0.2, -0.15) is 0 Å². The minimum Gasteiger partial charge on any atom is -0.367 e. The van der Waals surface area contributed by atoms with Crippen LogP contribution in [-0.4, -0.2) is 29.1 Å². The van der Waals surface area contributed by atoms with Gasteiger partial charge in [0.15, 0.2) is 0 Å². The first-order valence-electron chi connectivity index (χ1n) is 12.6. The zero-order valence-corrected chi connectivity index (χ0v) is 21.0. The first kappa shape index (κ1) is 23.1. The van der Waals surface area contributed by atoms with Crippen molar-refractivity contribution in [3.63, 3.8) is 0 Å². The molecule has 32 heavy (non-hydrogen) atoms. The van der Waals surface area contributed by atoms with Gasteiger partial charge in [-0.25, -0.2) is 9.97 Å². The quantitative estimate of drug-likeness (QED) is 0.530. The number of nitrogens with zero attached hydrogens (tertiary/aromatic N) is 3. The molecule has 2 heterocycles. The van der Waals surface area contributed by atoms with Crippen molar-refractivity contribution in [1.82, 2.24) is 9.97 Å². The molecule has 2 aliphatic carbocycles. The average molecular weight is 435 g/mol. The van der Waals surface area contributed by atoms with Gasteiger partial charge >= 0.3 is 0 Å². The molecular weight excluding hydrogens is 392 g/mol. The van der Waals surface area contributed by atoms with Crippen molar-refractivity contribution in [2.75, 3.05) is 17.3 Å². The van der Waals surface area contributed by atoms with E-state index in [-0.39, 0.29) is 10.8 Å². The molecule has 2 aromatic heterocycles. The Morgan fingerprint density at radius 2 is 1.66 bits per heavy atom. The Hall–Kier alpha value is -2.10. The Bertz CT molecular complexity index is 917. The third kappa shape index (κ3) is 5.27. The van der Waals surface area contributed by atoms with Gasteiger partial charge in [-0.15, -0.1) is 0 Å². The summed E-state index contributed by atoms with van der Waals surface area (Å²) in [5.41, 5.74) is 3.96. The minimum absolute atomic E-state index is 0.0230. The van der Waals surface area contributed by atoms with Crippen LogP contribution in [0.25, 0.3) is 0 Å². The number of hydrogen-bond donors (Lipinski definition) is 1. The van der Waals surface area contributed by atoms with E-state index in [0.717, 1.165) is 18.1 Å². The standard InChI is InChI=1S/C28H42N4/c1-27(2,3)21-16-23(31-26(18-21)32(6)24-12-9-13-24)19-28(4,5)20-14-15-29-25(17-20)30-22-10-7-8-11-22/h14-18,22,24H,7-13,19H2,1-6H3,(H,29,30). The van der Waals surface area contributed by atoms with Crippen LogP contribution in [0.15, 0.2) is 30.5 Å². The van der Waals surface area contributed by atoms with Crippen LogP contribution < -0.4 is 10.2 Å². The molecule has 1 N–H and O–H groups in total. The number of pyridine rings is 2. The monoisotopic (exact) mass is 434 g/mol. The molecule has 0 aliphatic heterocycles. The predicted octanol–water partition coefficient (Wildman–Crippen LogP) is 6.64. The Balaban J connectivity index is 1.58. The van der Waals surface area contributed by atoms with E-state index in [4.69, 9.17) is 4.98 Å². The summed E-state index contributed by atoms with van der Waals surface area (Å²) in [7, 11) is 2.22. The molecule has 2 fully saturated rings. The van der Waals surface area contributed by atoms with E-state index in [1.165, 1.54) is 61.8 Å². The smallest absolute Gasteiger partial charge is 0.129 e. The highest BCUT2D eigenvalue weighted by Gasteiger charge is 2.28. The average Bonchev–Trinajstić information content (AvgIpc) is 3.18. The lowest BCUT2D eigenvalue weighted by Gasteiger charge is -2.36. The lowest BCUT2D eigenvalue weighted by atomic mass is 9.79. The molecule has 0 radical (unpaired) electrons. The fourth-order valence-electron chi connectivity index (χ4n) is 5.00. The van der Waals surface area contributed by atoms with E-state index >= 15 is 0 Å². The van der Waals surface area contributed by atoms with Gasteiger partial charge in [-0.3, -0.25) is 0 Å². The van der Waals surface area contributed by atoms with E-state index in [1.807, 2.05) is 6.20 Å². The molecule has 0 aromatic carbocycles. The topological polar surface area (TPSA) is 41.1 Å². The number of nitrogens with one attached hydrogen (secondary N) is 1. The van der Waals surface area contributed by atoms with Crippen molar-refractivity contribution in [2.45, 2.75) is 109 Å². The summed E-state index contributed by atoms with van der Waals surface area (Å²) in [6, 6.07) is 10.3. The molecule has 0 saturated heterocycles. The van der Waals surface area contributed by atoms with Crippen molar-refractivity contribution in [2.24, 2.45) is 0 Å². The van der Waals surface area contributed by atoms with Gasteiger partial charge in [-0.1, -0.05) is 47.5 Å². The number of anilines is 2. The summed E-state index contributed by atoms with van der Waals surface area (Å²) in [5.74, 6) is 2.15. The second-order valence-corrected chi connectivity index (χ2v) is 11.8. The predicted molar refractivity (Wildman–Crippen MR) is 136 cm³/mol. The summed E-state index contributed by atoms with van der Waals surface area (Å²) in [4.78, 5) is 12.2. The first-order valence-corrected chi connectivity index (χ1v) is 12.6. The van der Waals surface area contributed by atoms with Crippen molar-refractivity contribution in [1.29, 1.82) is 0 Å². The molecule has 4 rings (SSSR count). The van der Waals surface area contributed by atoms with Crippen molar-refractivity contribution < 1.29 is 0 Å². The normalized spacial score (nSPS) is 17.9. The molecular formula is C28H42N4. The summed E-state index contributed by atoms with van der Waals surface area (Å²) >= 11 is 0. The molecule has 2 aromatic rings. The molecule has 4 heteroatoms. The van der Waals surface area contributed by atoms with Crippen molar-refractivity contribution in [3.8, 4) is 0 Å².